The van der Waals surface area contributed by atoms with Crippen molar-refractivity contribution in [2.24, 2.45) is 11.3 Å². The van der Waals surface area contributed by atoms with Gasteiger partial charge in [-0.2, -0.15) is 0 Å². The van der Waals surface area contributed by atoms with Crippen molar-refractivity contribution in [3.05, 3.63) is 34.1 Å². The number of hydrogen-bond donors (Lipinski definition) is 1. The zero-order chi connectivity index (χ0) is 16.1. The van der Waals surface area contributed by atoms with Crippen LogP contribution >= 0.6 is 0 Å². The number of Topliss-reactive ketones (excluding diaryl/α,β-unsaturated/α-hetero) is 1. The molecule has 3 unspecified atom stereocenters. The maximum absolute atomic E-state index is 12.9. The van der Waals surface area contributed by atoms with Gasteiger partial charge >= 0.3 is 0 Å². The van der Waals surface area contributed by atoms with Crippen LogP contribution in [-0.4, -0.2) is 23.4 Å². The molecule has 3 atom stereocenters. The third-order valence-corrected chi connectivity index (χ3v) is 6.51. The molecule has 120 valence electrons. The van der Waals surface area contributed by atoms with Gasteiger partial charge in [-0.05, 0) is 48.2 Å². The lowest BCUT2D eigenvalue weighted by molar-refractivity contribution is -0.116. The van der Waals surface area contributed by atoms with E-state index in [-0.39, 0.29) is 29.1 Å². The second-order valence-electron chi connectivity index (χ2n) is 8.10. The van der Waals surface area contributed by atoms with Crippen LogP contribution in [-0.2, 0) is 14.3 Å². The first kappa shape index (κ1) is 13.7. The average molecular weight is 311 g/mol. The van der Waals surface area contributed by atoms with Crippen molar-refractivity contribution >= 4 is 11.7 Å². The van der Waals surface area contributed by atoms with E-state index in [1.54, 1.807) is 0 Å². The Morgan fingerprint density at radius 3 is 2.87 bits per heavy atom. The van der Waals surface area contributed by atoms with E-state index in [1.807, 2.05) is 0 Å². The Morgan fingerprint density at radius 2 is 2.13 bits per heavy atom. The van der Waals surface area contributed by atoms with E-state index in [0.717, 1.165) is 53.7 Å². The molecule has 5 rings (SSSR count). The molecule has 0 aromatic heterocycles. The van der Waals surface area contributed by atoms with Crippen LogP contribution < -0.4 is 5.32 Å². The highest BCUT2D eigenvalue weighted by Gasteiger charge is 2.72. The summed E-state index contributed by atoms with van der Waals surface area (Å²) < 4.78 is 5.88. The molecular weight excluding hydrogens is 290 g/mol. The molecule has 23 heavy (non-hydrogen) atoms. The number of hydrogen-bond acceptors (Lipinski definition) is 3. The van der Waals surface area contributed by atoms with Crippen molar-refractivity contribution in [2.75, 3.05) is 0 Å². The molecular formula is C19H21NO3. The minimum absolute atomic E-state index is 0.00237. The van der Waals surface area contributed by atoms with Crippen molar-refractivity contribution in [2.45, 2.75) is 58.2 Å². The Labute approximate surface area is 135 Å². The predicted octanol–water partition coefficient (Wildman–Crippen LogP) is 2.56. The number of allylic oxidation sites excluding steroid dienone is 2. The molecule has 5 aliphatic rings. The van der Waals surface area contributed by atoms with Gasteiger partial charge < -0.3 is 10.1 Å². The second-order valence-corrected chi connectivity index (χ2v) is 8.10. The van der Waals surface area contributed by atoms with Gasteiger partial charge in [-0.15, -0.1) is 0 Å². The standard InChI is InChI=1S/C19H21NO3/c1-9(2)19-11-6-8-18(3)7-4-5-10-13(18)14(20-17(10)22)12(11)15(21)16(19)23-19/h6,9,16H,4-5,7-8H2,1-3H3,(H,20,22). The number of ether oxygens (including phenoxy) is 1. The molecule has 0 radical (unpaired) electrons. The van der Waals surface area contributed by atoms with E-state index in [9.17, 15) is 9.59 Å². The quantitative estimate of drug-likeness (QED) is 0.757. The molecule has 4 heteroatoms. The van der Waals surface area contributed by atoms with Gasteiger partial charge in [0.15, 0.2) is 11.9 Å². The third kappa shape index (κ3) is 1.38. The predicted molar refractivity (Wildman–Crippen MR) is 84.3 cm³/mol. The number of amides is 1. The monoisotopic (exact) mass is 311 g/mol. The van der Waals surface area contributed by atoms with Gasteiger partial charge in [-0.25, -0.2) is 0 Å². The van der Waals surface area contributed by atoms with Crippen molar-refractivity contribution < 1.29 is 14.3 Å². The Kier molecular flexibility index (Phi) is 2.31. The van der Waals surface area contributed by atoms with Gasteiger partial charge in [0.1, 0.15) is 5.60 Å². The molecule has 2 heterocycles. The largest absolute Gasteiger partial charge is 0.352 e. The first-order valence-corrected chi connectivity index (χ1v) is 8.63. The zero-order valence-corrected chi connectivity index (χ0v) is 13.8. The van der Waals surface area contributed by atoms with Crippen molar-refractivity contribution in [3.8, 4) is 0 Å². The van der Waals surface area contributed by atoms with Crippen molar-refractivity contribution in [1.82, 2.24) is 5.32 Å². The fraction of sp³-hybridized carbons (Fsp3) is 0.579. The zero-order valence-electron chi connectivity index (χ0n) is 13.8. The highest BCUT2D eigenvalue weighted by molar-refractivity contribution is 6.14. The molecule has 1 amide bonds. The second kappa shape index (κ2) is 3.86. The van der Waals surface area contributed by atoms with Gasteiger partial charge in [-0.1, -0.05) is 26.8 Å². The summed E-state index contributed by atoms with van der Waals surface area (Å²) in [5.41, 5.74) is 4.09. The molecule has 3 aliphatic carbocycles. The van der Waals surface area contributed by atoms with Crippen molar-refractivity contribution in [1.29, 1.82) is 0 Å². The van der Waals surface area contributed by atoms with E-state index in [0.29, 0.717) is 0 Å². The van der Waals surface area contributed by atoms with Crippen LogP contribution in [0.1, 0.15) is 46.5 Å². The minimum atomic E-state index is -0.447. The summed E-state index contributed by atoms with van der Waals surface area (Å²) >= 11 is 0. The third-order valence-electron chi connectivity index (χ3n) is 6.51. The smallest absolute Gasteiger partial charge is 0.251 e. The van der Waals surface area contributed by atoms with Crippen molar-refractivity contribution in [3.63, 3.8) is 0 Å². The number of carbonyl (C=O) groups excluding carboxylic acids is 2. The number of epoxide rings is 1. The summed E-state index contributed by atoms with van der Waals surface area (Å²) in [5.74, 6) is 0.311. The van der Waals surface area contributed by atoms with Crippen LogP contribution in [0.5, 0.6) is 0 Å². The summed E-state index contributed by atoms with van der Waals surface area (Å²) in [5, 5.41) is 3.04. The average Bonchev–Trinajstić information content (AvgIpc) is 3.12. The van der Waals surface area contributed by atoms with Gasteiger partial charge in [0.05, 0.1) is 11.3 Å². The van der Waals surface area contributed by atoms with E-state index in [2.05, 4.69) is 32.2 Å². The van der Waals surface area contributed by atoms with Crippen LogP contribution in [0, 0.1) is 11.3 Å². The molecule has 0 aromatic rings. The summed E-state index contributed by atoms with van der Waals surface area (Å²) in [6, 6.07) is 0. The van der Waals surface area contributed by atoms with Gasteiger partial charge in [0, 0.05) is 5.57 Å². The van der Waals surface area contributed by atoms with Crippen LogP contribution in [0.4, 0.5) is 0 Å². The number of fused-ring (bicyclic) bond motifs is 3. The van der Waals surface area contributed by atoms with Crippen LogP contribution in [0.15, 0.2) is 34.1 Å². The topological polar surface area (TPSA) is 58.7 Å². The van der Waals surface area contributed by atoms with E-state index in [1.165, 1.54) is 0 Å². The molecule has 4 nitrogen and oxygen atoms in total. The molecule has 1 N–H and O–H groups in total. The fourth-order valence-electron chi connectivity index (χ4n) is 5.26. The summed E-state index contributed by atoms with van der Waals surface area (Å²) in [7, 11) is 0. The molecule has 2 fully saturated rings. The summed E-state index contributed by atoms with van der Waals surface area (Å²) in [6.07, 6.45) is 5.69. The van der Waals surface area contributed by atoms with E-state index >= 15 is 0 Å². The Balaban J connectivity index is 1.80. The molecule has 0 bridgehead atoms. The molecule has 2 aliphatic heterocycles. The summed E-state index contributed by atoms with van der Waals surface area (Å²) in [6.45, 7) is 6.46. The maximum atomic E-state index is 12.9. The molecule has 1 saturated carbocycles. The van der Waals surface area contributed by atoms with Crippen LogP contribution in [0.2, 0.25) is 0 Å². The Hall–Kier alpha value is -1.68. The minimum Gasteiger partial charge on any atom is -0.352 e. The Bertz CT molecular complexity index is 784. The number of ketones is 1. The van der Waals surface area contributed by atoms with Crippen LogP contribution in [0.3, 0.4) is 0 Å². The highest BCUT2D eigenvalue weighted by atomic mass is 16.6. The maximum Gasteiger partial charge on any atom is 0.251 e. The fourth-order valence-corrected chi connectivity index (χ4v) is 5.26. The first-order chi connectivity index (χ1) is 10.9. The van der Waals surface area contributed by atoms with E-state index < -0.39 is 5.60 Å². The van der Waals surface area contributed by atoms with Gasteiger partial charge in [-0.3, -0.25) is 9.59 Å². The highest BCUT2D eigenvalue weighted by Crippen LogP contribution is 2.62. The number of nitrogens with one attached hydrogen (secondary N) is 1. The summed E-state index contributed by atoms with van der Waals surface area (Å²) in [4.78, 5) is 25.4. The Morgan fingerprint density at radius 1 is 1.35 bits per heavy atom. The lowest BCUT2D eigenvalue weighted by Crippen LogP contribution is -2.24. The molecule has 0 aromatic carbocycles. The van der Waals surface area contributed by atoms with E-state index in [4.69, 9.17) is 4.74 Å². The molecule has 1 saturated heterocycles. The lowest BCUT2D eigenvalue weighted by atomic mass is 9.69. The van der Waals surface area contributed by atoms with Gasteiger partial charge in [0.2, 0.25) is 0 Å². The normalized spacial score (nSPS) is 40.7. The number of carbonyl (C=O) groups is 2. The molecule has 0 spiro atoms. The number of rotatable bonds is 1. The first-order valence-electron chi connectivity index (χ1n) is 8.63. The lowest BCUT2D eigenvalue weighted by Gasteiger charge is -2.34. The van der Waals surface area contributed by atoms with Crippen LogP contribution in [0.25, 0.3) is 0 Å². The SMILES string of the molecule is CC(C)C12OC1C(=O)C1=C3NC(=O)C4=C3C(C)(CC=C12)CCC4. The van der Waals surface area contributed by atoms with Gasteiger partial charge in [0.25, 0.3) is 5.91 Å².